The number of hydrogen-bond donors (Lipinski definition) is 1. The third kappa shape index (κ3) is 5.67. The Morgan fingerprint density at radius 1 is 1.04 bits per heavy atom. The van der Waals surface area contributed by atoms with Gasteiger partial charge in [-0.05, 0) is 43.4 Å². The van der Waals surface area contributed by atoms with Gasteiger partial charge in [0, 0.05) is 10.9 Å². The first-order chi connectivity index (χ1) is 11.8. The second-order valence-electron chi connectivity index (χ2n) is 5.29. The average molecular weight is 394 g/mol. The number of aromatic nitrogens is 1. The third-order valence-electron chi connectivity index (χ3n) is 3.50. The molecule has 3 aromatic rings. The highest BCUT2D eigenvalue weighted by Gasteiger charge is 2.09. The molecule has 0 saturated heterocycles. The highest BCUT2D eigenvalue weighted by molar-refractivity contribution is 8.00. The number of benzene rings is 2. The van der Waals surface area contributed by atoms with Crippen LogP contribution in [0.1, 0.15) is 11.1 Å². The van der Waals surface area contributed by atoms with Gasteiger partial charge in [0.25, 0.3) is 10.1 Å². The van der Waals surface area contributed by atoms with E-state index in [1.807, 2.05) is 31.4 Å². The summed E-state index contributed by atoms with van der Waals surface area (Å²) in [5.74, 6) is 0. The summed E-state index contributed by atoms with van der Waals surface area (Å²) in [7, 11) is -4.04. The Bertz CT molecular complexity index is 935. The molecular formula is C18H19NO3S3. The topological polar surface area (TPSA) is 67.3 Å². The van der Waals surface area contributed by atoms with Crippen LogP contribution in [0.25, 0.3) is 11.3 Å². The van der Waals surface area contributed by atoms with Crippen molar-refractivity contribution in [1.29, 1.82) is 0 Å². The molecule has 0 aliphatic rings. The molecule has 0 unspecified atom stereocenters. The van der Waals surface area contributed by atoms with E-state index < -0.39 is 10.1 Å². The fourth-order valence-electron chi connectivity index (χ4n) is 1.97. The molecule has 0 bridgehead atoms. The minimum absolute atomic E-state index is 0.0504. The van der Waals surface area contributed by atoms with Gasteiger partial charge in [0.15, 0.2) is 0 Å². The van der Waals surface area contributed by atoms with E-state index in [-0.39, 0.29) is 4.90 Å². The number of hydrogen-bond acceptors (Lipinski definition) is 5. The number of aryl methyl sites for hydroxylation is 2. The largest absolute Gasteiger partial charge is 0.294 e. The summed E-state index contributed by atoms with van der Waals surface area (Å²) >= 11 is 3.39. The first-order valence-electron chi connectivity index (χ1n) is 7.41. The van der Waals surface area contributed by atoms with Gasteiger partial charge in [-0.15, -0.1) is 11.3 Å². The van der Waals surface area contributed by atoms with Gasteiger partial charge in [0.2, 0.25) is 0 Å². The third-order valence-corrected chi connectivity index (χ3v) is 6.22. The van der Waals surface area contributed by atoms with E-state index in [0.29, 0.717) is 0 Å². The molecule has 0 atom stereocenters. The fourth-order valence-corrected chi connectivity index (χ4v) is 3.80. The van der Waals surface area contributed by atoms with Crippen molar-refractivity contribution in [2.24, 2.45) is 0 Å². The van der Waals surface area contributed by atoms with Crippen LogP contribution in [0, 0.1) is 13.8 Å². The van der Waals surface area contributed by atoms with Crippen LogP contribution in [-0.2, 0) is 10.1 Å². The van der Waals surface area contributed by atoms with Gasteiger partial charge >= 0.3 is 0 Å². The van der Waals surface area contributed by atoms with Gasteiger partial charge in [-0.3, -0.25) is 4.55 Å². The first kappa shape index (κ1) is 19.7. The molecule has 0 fully saturated rings. The quantitative estimate of drug-likeness (QED) is 0.496. The van der Waals surface area contributed by atoms with Gasteiger partial charge in [0.1, 0.15) is 4.34 Å². The van der Waals surface area contributed by atoms with E-state index in [1.165, 1.54) is 17.7 Å². The normalized spacial score (nSPS) is 10.9. The summed E-state index contributed by atoms with van der Waals surface area (Å²) in [4.78, 5) is 4.43. The summed E-state index contributed by atoms with van der Waals surface area (Å²) < 4.78 is 31.1. The van der Waals surface area contributed by atoms with Crippen molar-refractivity contribution >= 4 is 33.2 Å². The molecule has 1 heterocycles. The number of nitrogens with zero attached hydrogens (tertiary/aromatic N) is 1. The Labute approximate surface area is 156 Å². The zero-order valence-electron chi connectivity index (χ0n) is 14.1. The maximum absolute atomic E-state index is 10.7. The second kappa shape index (κ2) is 8.62. The SMILES string of the molecule is CSc1nc(-c2ccccc2)cs1.Cc1ccc(S(=O)(=O)O)cc1C. The Hall–Kier alpha value is -1.67. The predicted molar refractivity (Wildman–Crippen MR) is 105 cm³/mol. The van der Waals surface area contributed by atoms with Crippen LogP contribution < -0.4 is 0 Å². The summed E-state index contributed by atoms with van der Waals surface area (Å²) in [6, 6.07) is 14.8. The minimum Gasteiger partial charge on any atom is -0.282 e. The first-order valence-corrected chi connectivity index (χ1v) is 11.0. The summed E-state index contributed by atoms with van der Waals surface area (Å²) in [5, 5.41) is 2.10. The van der Waals surface area contributed by atoms with E-state index in [4.69, 9.17) is 4.55 Å². The van der Waals surface area contributed by atoms with Gasteiger partial charge < -0.3 is 0 Å². The van der Waals surface area contributed by atoms with Gasteiger partial charge in [0.05, 0.1) is 10.6 Å². The van der Waals surface area contributed by atoms with Gasteiger partial charge in [-0.2, -0.15) is 8.42 Å². The molecule has 0 spiro atoms. The lowest BCUT2D eigenvalue weighted by molar-refractivity contribution is 0.483. The molecule has 0 saturated carbocycles. The van der Waals surface area contributed by atoms with Crippen LogP contribution in [0.15, 0.2) is 63.1 Å². The Morgan fingerprint density at radius 3 is 2.24 bits per heavy atom. The van der Waals surface area contributed by atoms with Crippen LogP contribution in [0.2, 0.25) is 0 Å². The molecule has 1 aromatic heterocycles. The summed E-state index contributed by atoms with van der Waals surface area (Å²) in [6.07, 6.45) is 2.05. The van der Waals surface area contributed by atoms with E-state index >= 15 is 0 Å². The molecule has 0 aliphatic heterocycles. The standard InChI is InChI=1S/C10H9NS2.C8H10O3S/c1-12-10-11-9(7-13-10)8-5-3-2-4-6-8;1-6-3-4-8(5-7(6)2)12(9,10)11/h2-7H,1H3;3-5H,1-2H3,(H,9,10,11). The Kier molecular flexibility index (Phi) is 6.78. The lowest BCUT2D eigenvalue weighted by Crippen LogP contribution is -1.98. The molecule has 132 valence electrons. The Balaban J connectivity index is 0.000000181. The zero-order valence-corrected chi connectivity index (χ0v) is 16.6. The van der Waals surface area contributed by atoms with Crippen LogP contribution in [0.5, 0.6) is 0 Å². The molecular weight excluding hydrogens is 374 g/mol. The lowest BCUT2D eigenvalue weighted by Gasteiger charge is -2.01. The average Bonchev–Trinajstić information content (AvgIpc) is 3.07. The lowest BCUT2D eigenvalue weighted by atomic mass is 10.1. The molecule has 1 N–H and O–H groups in total. The van der Waals surface area contributed by atoms with Crippen LogP contribution in [0.3, 0.4) is 0 Å². The molecule has 0 amide bonds. The van der Waals surface area contributed by atoms with Crippen molar-refractivity contribution in [2.45, 2.75) is 23.1 Å². The highest BCUT2D eigenvalue weighted by atomic mass is 32.2. The molecule has 2 aromatic carbocycles. The van der Waals surface area contributed by atoms with Crippen molar-refractivity contribution in [2.75, 3.05) is 6.26 Å². The van der Waals surface area contributed by atoms with E-state index in [0.717, 1.165) is 21.2 Å². The molecule has 4 nitrogen and oxygen atoms in total. The summed E-state index contributed by atoms with van der Waals surface area (Å²) in [5.41, 5.74) is 4.13. The van der Waals surface area contributed by atoms with Crippen LogP contribution in [0.4, 0.5) is 0 Å². The van der Waals surface area contributed by atoms with Gasteiger partial charge in [-0.25, -0.2) is 4.98 Å². The molecule has 7 heteroatoms. The van der Waals surface area contributed by atoms with Crippen molar-refractivity contribution in [3.63, 3.8) is 0 Å². The maximum Gasteiger partial charge on any atom is 0.294 e. The Morgan fingerprint density at radius 2 is 1.72 bits per heavy atom. The zero-order chi connectivity index (χ0) is 18.4. The van der Waals surface area contributed by atoms with E-state index in [9.17, 15) is 8.42 Å². The molecule has 3 rings (SSSR count). The molecule has 0 aliphatic carbocycles. The predicted octanol–water partition coefficient (Wildman–Crippen LogP) is 5.08. The molecule has 25 heavy (non-hydrogen) atoms. The van der Waals surface area contributed by atoms with Crippen molar-refractivity contribution in [3.8, 4) is 11.3 Å². The second-order valence-corrected chi connectivity index (χ2v) is 8.62. The van der Waals surface area contributed by atoms with E-state index in [1.54, 1.807) is 36.1 Å². The van der Waals surface area contributed by atoms with Crippen molar-refractivity contribution < 1.29 is 13.0 Å². The smallest absolute Gasteiger partial charge is 0.282 e. The highest BCUT2D eigenvalue weighted by Crippen LogP contribution is 2.26. The van der Waals surface area contributed by atoms with Crippen molar-refractivity contribution in [1.82, 2.24) is 4.98 Å². The number of rotatable bonds is 3. The van der Waals surface area contributed by atoms with Gasteiger partial charge in [-0.1, -0.05) is 48.2 Å². The monoisotopic (exact) mass is 393 g/mol. The fraction of sp³-hybridized carbons (Fsp3) is 0.167. The van der Waals surface area contributed by atoms with Crippen LogP contribution in [-0.4, -0.2) is 24.2 Å². The van der Waals surface area contributed by atoms with Crippen LogP contribution >= 0.6 is 23.1 Å². The molecule has 0 radical (unpaired) electrons. The van der Waals surface area contributed by atoms with E-state index in [2.05, 4.69) is 22.5 Å². The summed E-state index contributed by atoms with van der Waals surface area (Å²) in [6.45, 7) is 3.67. The number of thioether (sulfide) groups is 1. The van der Waals surface area contributed by atoms with Crippen molar-refractivity contribution in [3.05, 3.63) is 65.0 Å². The number of thiazole rings is 1. The maximum atomic E-state index is 10.7. The minimum atomic E-state index is -4.04.